The number of nitrogens with zero attached hydrogens (tertiary/aromatic N) is 2. The van der Waals surface area contributed by atoms with Gasteiger partial charge >= 0.3 is 0 Å². The average Bonchev–Trinajstić information content (AvgIpc) is 4.01. The van der Waals surface area contributed by atoms with E-state index in [0.717, 1.165) is 17.2 Å². The number of hydrogen-bond donors (Lipinski definition) is 0. The van der Waals surface area contributed by atoms with Crippen molar-refractivity contribution in [3.63, 3.8) is 0 Å². The maximum Gasteiger partial charge on any atom is 0.257 e. The van der Waals surface area contributed by atoms with Crippen LogP contribution in [0, 0.1) is 20.8 Å². The Morgan fingerprint density at radius 3 is 1.71 bits per heavy atom. The molecule has 6 heteroatoms. The molecule has 3 aromatic heterocycles. The van der Waals surface area contributed by atoms with E-state index >= 15 is 0 Å². The van der Waals surface area contributed by atoms with Crippen LogP contribution in [-0.2, 0) is 10.8 Å². The Morgan fingerprint density at radius 1 is 0.508 bits per heavy atom. The van der Waals surface area contributed by atoms with Gasteiger partial charge < -0.3 is 9.32 Å². The second kappa shape index (κ2) is 14.3. The minimum Gasteiger partial charge on any atom is -0.440 e. The summed E-state index contributed by atoms with van der Waals surface area (Å²) >= 11 is 3.73. The van der Waals surface area contributed by atoms with Gasteiger partial charge in [0, 0.05) is 52.8 Å². The molecule has 0 saturated heterocycles. The lowest BCUT2D eigenvalue weighted by atomic mass is 9.33. The van der Waals surface area contributed by atoms with Crippen molar-refractivity contribution in [2.75, 3.05) is 9.80 Å². The number of benzene rings is 7. The largest absolute Gasteiger partial charge is 0.440 e. The molecule has 3 nitrogen and oxygen atoms in total. The molecule has 5 heterocycles. The first-order valence-electron chi connectivity index (χ1n) is 22.8. The first-order chi connectivity index (χ1) is 31.2. The lowest BCUT2D eigenvalue weighted by molar-refractivity contribution is 0.589. The molecule has 0 amide bonds. The third-order valence-electron chi connectivity index (χ3n) is 13.8. The Balaban J connectivity index is 1.15. The highest BCUT2D eigenvalue weighted by molar-refractivity contribution is 7.22. The molecule has 0 saturated carbocycles. The number of rotatable bonds is 4. The van der Waals surface area contributed by atoms with Crippen LogP contribution in [0.4, 0.5) is 34.3 Å². The summed E-state index contributed by atoms with van der Waals surface area (Å²) in [5, 5.41) is 3.75. The molecule has 0 spiro atoms. The van der Waals surface area contributed by atoms with Crippen molar-refractivity contribution < 1.29 is 4.42 Å². The third kappa shape index (κ3) is 6.36. The molecular formula is C59H51BN2OS2. The van der Waals surface area contributed by atoms with Gasteiger partial charge in [-0.1, -0.05) is 120 Å². The third-order valence-corrected chi connectivity index (χ3v) is 16.2. The molecule has 318 valence electrons. The predicted molar refractivity (Wildman–Crippen MR) is 283 cm³/mol. The van der Waals surface area contributed by atoms with Gasteiger partial charge in [0.25, 0.3) is 6.71 Å². The van der Waals surface area contributed by atoms with Crippen molar-refractivity contribution in [2.24, 2.45) is 0 Å². The van der Waals surface area contributed by atoms with Crippen LogP contribution >= 0.6 is 22.7 Å². The quantitative estimate of drug-likeness (QED) is 0.164. The standard InChI is InChI=1S/C59H51BN2OS2/c1-34-26-47-55-48(27-34)62(56-35(2)28-42(29-36(56)3)59(7,8)9)57-54(44-33-41(58(4,5)6)21-25-49(44)63-57)60(55)45-30-40(53-32-39-15-11-13-17-51(39)65-53)20-24-46(45)61(47)43-22-18-37(19-23-43)52-31-38-14-10-12-16-50(38)64-52/h10-33H,1-9H3. The second-order valence-corrected chi connectivity index (χ2v) is 22.6. The average molecular weight is 879 g/mol. The van der Waals surface area contributed by atoms with Crippen LogP contribution in [0.3, 0.4) is 0 Å². The van der Waals surface area contributed by atoms with Crippen LogP contribution in [0.25, 0.3) is 52.0 Å². The second-order valence-electron chi connectivity index (χ2n) is 20.4. The Hall–Kier alpha value is -6.34. The molecule has 65 heavy (non-hydrogen) atoms. The predicted octanol–water partition coefficient (Wildman–Crippen LogP) is 15.8. The summed E-state index contributed by atoms with van der Waals surface area (Å²) in [4.78, 5) is 7.58. The fraction of sp³-hybridized carbons (Fsp3) is 0.186. The molecule has 0 N–H and O–H groups in total. The van der Waals surface area contributed by atoms with Gasteiger partial charge in [-0.05, 0) is 159 Å². The van der Waals surface area contributed by atoms with Crippen molar-refractivity contribution >= 4 is 111 Å². The molecule has 7 aromatic carbocycles. The zero-order valence-electron chi connectivity index (χ0n) is 38.6. The van der Waals surface area contributed by atoms with Crippen LogP contribution in [-0.4, -0.2) is 6.71 Å². The van der Waals surface area contributed by atoms with Crippen molar-refractivity contribution in [1.82, 2.24) is 0 Å². The molecule has 0 radical (unpaired) electrons. The van der Waals surface area contributed by atoms with Crippen molar-refractivity contribution in [1.29, 1.82) is 0 Å². The van der Waals surface area contributed by atoms with Gasteiger partial charge in [0.2, 0.25) is 5.88 Å². The minimum absolute atomic E-state index is 0.0142. The van der Waals surface area contributed by atoms with Gasteiger partial charge in [0.15, 0.2) is 0 Å². The molecule has 10 aromatic rings. The van der Waals surface area contributed by atoms with E-state index in [2.05, 4.69) is 218 Å². The van der Waals surface area contributed by atoms with Crippen molar-refractivity contribution in [3.05, 3.63) is 173 Å². The highest BCUT2D eigenvalue weighted by Gasteiger charge is 2.47. The molecule has 2 aliphatic rings. The van der Waals surface area contributed by atoms with Gasteiger partial charge in [0.1, 0.15) is 5.58 Å². The highest BCUT2D eigenvalue weighted by Crippen LogP contribution is 2.49. The molecule has 0 bridgehead atoms. The number of furan rings is 1. The van der Waals surface area contributed by atoms with Gasteiger partial charge in [-0.3, -0.25) is 4.90 Å². The highest BCUT2D eigenvalue weighted by atomic mass is 32.1. The Labute approximate surface area is 390 Å². The molecule has 0 atom stereocenters. The Kier molecular flexibility index (Phi) is 8.86. The SMILES string of the molecule is Cc1cc2c3c(c1)N(c1c(C)cc(C(C)(C)C)cc1C)c1oc4ccc(C(C)(C)C)cc4c1B3c1cc(-c3cc4ccccc4s3)ccc1N2c1ccc(-c2cc3ccccc3s2)cc1. The first kappa shape index (κ1) is 40.2. The molecule has 12 rings (SSSR count). The van der Waals surface area contributed by atoms with Crippen LogP contribution in [0.1, 0.15) is 69.4 Å². The van der Waals surface area contributed by atoms with Crippen LogP contribution < -0.4 is 26.2 Å². The van der Waals surface area contributed by atoms with Crippen LogP contribution in [0.15, 0.2) is 150 Å². The molecule has 0 fully saturated rings. The number of thiophene rings is 2. The minimum atomic E-state index is -0.0869. The number of fused-ring (bicyclic) bond motifs is 8. The summed E-state index contributed by atoms with van der Waals surface area (Å²) in [6.45, 7) is 20.6. The summed E-state index contributed by atoms with van der Waals surface area (Å²) in [6, 6.07) is 55.1. The molecular weight excluding hydrogens is 828 g/mol. The zero-order valence-corrected chi connectivity index (χ0v) is 40.2. The lowest BCUT2D eigenvalue weighted by Gasteiger charge is -2.43. The number of aryl methyl sites for hydroxylation is 3. The van der Waals surface area contributed by atoms with E-state index in [4.69, 9.17) is 4.42 Å². The Bertz CT molecular complexity index is 3490. The maximum atomic E-state index is 7.30. The van der Waals surface area contributed by atoms with Gasteiger partial charge in [-0.15, -0.1) is 22.7 Å². The number of hydrogen-bond acceptors (Lipinski definition) is 5. The lowest BCUT2D eigenvalue weighted by Crippen LogP contribution is -2.61. The smallest absolute Gasteiger partial charge is 0.257 e. The summed E-state index contributed by atoms with van der Waals surface area (Å²) in [5.41, 5.74) is 19.4. The first-order valence-corrected chi connectivity index (χ1v) is 24.5. The monoisotopic (exact) mass is 878 g/mol. The van der Waals surface area contributed by atoms with E-state index in [1.807, 2.05) is 22.7 Å². The van der Waals surface area contributed by atoms with E-state index < -0.39 is 0 Å². The summed E-state index contributed by atoms with van der Waals surface area (Å²) in [6.07, 6.45) is 0. The molecule has 0 aliphatic carbocycles. The van der Waals surface area contributed by atoms with Crippen LogP contribution in [0.5, 0.6) is 0 Å². The van der Waals surface area contributed by atoms with E-state index in [0.29, 0.717) is 0 Å². The van der Waals surface area contributed by atoms with E-state index in [1.54, 1.807) is 0 Å². The maximum absolute atomic E-state index is 7.30. The fourth-order valence-corrected chi connectivity index (χ4v) is 12.7. The molecule has 0 unspecified atom stereocenters. The van der Waals surface area contributed by atoms with E-state index in [-0.39, 0.29) is 17.5 Å². The normalized spacial score (nSPS) is 13.5. The number of anilines is 6. The van der Waals surface area contributed by atoms with Gasteiger partial charge in [-0.25, -0.2) is 0 Å². The van der Waals surface area contributed by atoms with Crippen LogP contribution in [0.2, 0.25) is 0 Å². The fourth-order valence-electron chi connectivity index (χ4n) is 10.5. The van der Waals surface area contributed by atoms with E-state index in [1.165, 1.54) is 113 Å². The topological polar surface area (TPSA) is 19.6 Å². The summed E-state index contributed by atoms with van der Waals surface area (Å²) in [5.74, 6) is 0.911. The zero-order chi connectivity index (χ0) is 44.7. The molecule has 2 aliphatic heterocycles. The van der Waals surface area contributed by atoms with Crippen molar-refractivity contribution in [2.45, 2.75) is 73.1 Å². The van der Waals surface area contributed by atoms with E-state index in [9.17, 15) is 0 Å². The summed E-state index contributed by atoms with van der Waals surface area (Å²) < 4.78 is 9.92. The Morgan fingerprint density at radius 2 is 1.09 bits per heavy atom. The van der Waals surface area contributed by atoms with Gasteiger partial charge in [-0.2, -0.15) is 0 Å². The van der Waals surface area contributed by atoms with Crippen molar-refractivity contribution in [3.8, 4) is 20.9 Å². The van der Waals surface area contributed by atoms with Gasteiger partial charge in [0.05, 0.1) is 5.69 Å². The summed E-state index contributed by atoms with van der Waals surface area (Å²) in [7, 11) is 0.